The van der Waals surface area contributed by atoms with Crippen LogP contribution in [0.1, 0.15) is 12.0 Å². The van der Waals surface area contributed by atoms with Crippen molar-refractivity contribution in [3.63, 3.8) is 0 Å². The molecule has 2 aliphatic heterocycles. The normalized spacial score (nSPS) is 24.0. The maximum absolute atomic E-state index is 14.4. The molecule has 0 saturated heterocycles. The summed E-state index contributed by atoms with van der Waals surface area (Å²) in [6.45, 7) is 1.07. The number of halogens is 1. The summed E-state index contributed by atoms with van der Waals surface area (Å²) < 4.78 is 16.3. The average Bonchev–Trinajstić information content (AvgIpc) is 2.91. The Balaban J connectivity index is 1.84. The Morgan fingerprint density at radius 3 is 2.61 bits per heavy atom. The summed E-state index contributed by atoms with van der Waals surface area (Å²) in [4.78, 5) is 2.09. The van der Waals surface area contributed by atoms with Crippen molar-refractivity contribution in [3.05, 3.63) is 66.0 Å². The van der Waals surface area contributed by atoms with E-state index in [1.54, 1.807) is 30.0 Å². The van der Waals surface area contributed by atoms with Crippen LogP contribution < -0.4 is 4.90 Å². The first-order valence-electron chi connectivity index (χ1n) is 7.77. The monoisotopic (exact) mass is 329 g/mol. The van der Waals surface area contributed by atoms with Gasteiger partial charge in [-0.3, -0.25) is 0 Å². The zero-order chi connectivity index (χ0) is 15.9. The Labute approximate surface area is 139 Å². The van der Waals surface area contributed by atoms with Gasteiger partial charge in [-0.05, 0) is 42.4 Å². The summed E-state index contributed by atoms with van der Waals surface area (Å²) in [5.41, 5.74) is 0.0387. The number of hydrogen-bond acceptors (Lipinski definition) is 3. The smallest absolute Gasteiger partial charge is 0.316 e. The van der Waals surface area contributed by atoms with Crippen molar-refractivity contribution in [1.29, 1.82) is 0 Å². The molecule has 1 N–H and O–H groups in total. The maximum atomic E-state index is 14.4. The number of anilines is 1. The molecule has 1 unspecified atom stereocenters. The van der Waals surface area contributed by atoms with Gasteiger partial charge >= 0.3 is 5.17 Å². The molecule has 2 aromatic rings. The van der Waals surface area contributed by atoms with Gasteiger partial charge < -0.3 is 5.11 Å². The summed E-state index contributed by atoms with van der Waals surface area (Å²) in [6, 6.07) is 16.5. The predicted molar refractivity (Wildman–Crippen MR) is 91.3 cm³/mol. The molecule has 1 atom stereocenters. The van der Waals surface area contributed by atoms with Crippen LogP contribution in [0.3, 0.4) is 0 Å². The molecule has 4 rings (SSSR count). The second-order valence-electron chi connectivity index (χ2n) is 5.85. The van der Waals surface area contributed by atoms with E-state index in [0.29, 0.717) is 12.1 Å². The van der Waals surface area contributed by atoms with Crippen LogP contribution in [0.25, 0.3) is 0 Å². The van der Waals surface area contributed by atoms with E-state index in [4.69, 9.17) is 0 Å². The number of thioether (sulfide) groups is 1. The molecule has 0 bridgehead atoms. The van der Waals surface area contributed by atoms with E-state index < -0.39 is 5.72 Å². The van der Waals surface area contributed by atoms with Crippen LogP contribution in [0.4, 0.5) is 10.1 Å². The highest BCUT2D eigenvalue weighted by atomic mass is 32.2. The molecule has 0 amide bonds. The van der Waals surface area contributed by atoms with Gasteiger partial charge in [0.1, 0.15) is 11.5 Å². The molecule has 0 aromatic heterocycles. The molecule has 23 heavy (non-hydrogen) atoms. The van der Waals surface area contributed by atoms with Gasteiger partial charge in [-0.25, -0.2) is 13.9 Å². The van der Waals surface area contributed by atoms with Crippen molar-refractivity contribution >= 4 is 22.6 Å². The van der Waals surface area contributed by atoms with E-state index >= 15 is 0 Å². The standard InChI is InChI=1S/C18H18FN2OS/c19-16-10-5-4-9-15(16)18(22)13-20(14-7-2-1-3-8-14)17-21(18)11-6-12-23-17/h1-5,7-10,22H,6,11-13H2/q+1. The van der Waals surface area contributed by atoms with Crippen LogP contribution >= 0.6 is 11.8 Å². The molecule has 2 aliphatic rings. The van der Waals surface area contributed by atoms with Gasteiger partial charge in [0.2, 0.25) is 0 Å². The fourth-order valence-electron chi connectivity index (χ4n) is 3.33. The minimum atomic E-state index is -1.33. The van der Waals surface area contributed by atoms with E-state index in [0.717, 1.165) is 29.6 Å². The third kappa shape index (κ3) is 2.35. The third-order valence-electron chi connectivity index (χ3n) is 4.42. The minimum absolute atomic E-state index is 0.334. The van der Waals surface area contributed by atoms with Crippen molar-refractivity contribution in [3.8, 4) is 0 Å². The molecular formula is C18H18FN2OS+. The number of para-hydroxylation sites is 1. The Kier molecular flexibility index (Phi) is 3.62. The number of β-amino-alcohol motifs (C(OH)–C–C–N with tert-alkyl or cyclic N) is 1. The first-order valence-corrected chi connectivity index (χ1v) is 8.76. The zero-order valence-corrected chi connectivity index (χ0v) is 13.5. The largest absolute Gasteiger partial charge is 0.346 e. The molecule has 3 nitrogen and oxygen atoms in total. The lowest BCUT2D eigenvalue weighted by Crippen LogP contribution is -2.42. The SMILES string of the molecule is OC1(c2ccccc2F)CN(c2ccccc2)C2=[N+]1CCCS2. The van der Waals surface area contributed by atoms with E-state index in [1.807, 2.05) is 34.9 Å². The topological polar surface area (TPSA) is 26.5 Å². The summed E-state index contributed by atoms with van der Waals surface area (Å²) in [5.74, 6) is 0.655. The van der Waals surface area contributed by atoms with Gasteiger partial charge in [0.25, 0.3) is 5.72 Å². The third-order valence-corrected chi connectivity index (χ3v) is 5.61. The Bertz CT molecular complexity index is 765. The summed E-state index contributed by atoms with van der Waals surface area (Å²) in [7, 11) is 0. The summed E-state index contributed by atoms with van der Waals surface area (Å²) >= 11 is 1.73. The number of benzene rings is 2. The Hall–Kier alpha value is -1.85. The molecular weight excluding hydrogens is 311 g/mol. The fraction of sp³-hybridized carbons (Fsp3) is 0.278. The van der Waals surface area contributed by atoms with Gasteiger partial charge in [0.15, 0.2) is 6.54 Å². The van der Waals surface area contributed by atoms with Crippen LogP contribution in [0.15, 0.2) is 54.6 Å². The molecule has 0 spiro atoms. The summed E-state index contributed by atoms with van der Waals surface area (Å²) in [6.07, 6.45) is 0.980. The van der Waals surface area contributed by atoms with Gasteiger partial charge in [-0.2, -0.15) is 0 Å². The van der Waals surface area contributed by atoms with Gasteiger partial charge in [0.05, 0.1) is 12.1 Å². The van der Waals surface area contributed by atoms with Crippen molar-refractivity contribution in [2.45, 2.75) is 12.1 Å². The van der Waals surface area contributed by atoms with E-state index in [9.17, 15) is 9.50 Å². The lowest BCUT2D eigenvalue weighted by atomic mass is 10.0. The number of amidine groups is 1. The lowest BCUT2D eigenvalue weighted by molar-refractivity contribution is -0.657. The first-order chi connectivity index (χ1) is 11.2. The van der Waals surface area contributed by atoms with Gasteiger partial charge in [-0.15, -0.1) is 0 Å². The number of hydrogen-bond donors (Lipinski definition) is 1. The first kappa shape index (κ1) is 14.7. The van der Waals surface area contributed by atoms with Crippen molar-refractivity contribution in [2.24, 2.45) is 0 Å². The second-order valence-corrected chi connectivity index (χ2v) is 6.92. The second kappa shape index (κ2) is 5.65. The average molecular weight is 329 g/mol. The number of aliphatic hydroxyl groups is 1. The minimum Gasteiger partial charge on any atom is -0.346 e. The zero-order valence-electron chi connectivity index (χ0n) is 12.7. The van der Waals surface area contributed by atoms with E-state index in [2.05, 4.69) is 4.90 Å². The number of rotatable bonds is 2. The quantitative estimate of drug-likeness (QED) is 0.858. The van der Waals surface area contributed by atoms with Crippen molar-refractivity contribution in [1.82, 2.24) is 0 Å². The van der Waals surface area contributed by atoms with Crippen LogP contribution in [0.2, 0.25) is 0 Å². The summed E-state index contributed by atoms with van der Waals surface area (Å²) in [5, 5.41) is 12.4. The van der Waals surface area contributed by atoms with E-state index in [1.165, 1.54) is 6.07 Å². The Morgan fingerprint density at radius 2 is 1.83 bits per heavy atom. The lowest BCUT2D eigenvalue weighted by Gasteiger charge is -2.24. The number of nitrogens with zero attached hydrogens (tertiary/aromatic N) is 2. The van der Waals surface area contributed by atoms with Crippen molar-refractivity contribution < 1.29 is 14.1 Å². The Morgan fingerprint density at radius 1 is 1.09 bits per heavy atom. The van der Waals surface area contributed by atoms with E-state index in [-0.39, 0.29) is 5.82 Å². The van der Waals surface area contributed by atoms with Gasteiger partial charge in [-0.1, -0.05) is 30.3 Å². The van der Waals surface area contributed by atoms with Crippen LogP contribution in [0, 0.1) is 5.82 Å². The van der Waals surface area contributed by atoms with Crippen LogP contribution in [-0.4, -0.2) is 33.7 Å². The van der Waals surface area contributed by atoms with Gasteiger partial charge in [0, 0.05) is 5.75 Å². The highest BCUT2D eigenvalue weighted by Crippen LogP contribution is 2.38. The highest BCUT2D eigenvalue weighted by molar-refractivity contribution is 8.13. The highest BCUT2D eigenvalue weighted by Gasteiger charge is 2.54. The molecule has 118 valence electrons. The fourth-order valence-corrected chi connectivity index (χ4v) is 4.51. The predicted octanol–water partition coefficient (Wildman–Crippen LogP) is 3.00. The molecule has 5 heteroatoms. The van der Waals surface area contributed by atoms with Crippen molar-refractivity contribution in [2.75, 3.05) is 23.7 Å². The molecule has 2 aromatic carbocycles. The molecule has 0 fully saturated rings. The molecule has 2 heterocycles. The maximum Gasteiger partial charge on any atom is 0.316 e. The molecule has 0 aliphatic carbocycles. The van der Waals surface area contributed by atoms with Crippen LogP contribution in [0.5, 0.6) is 0 Å². The molecule has 0 saturated carbocycles. The molecule has 0 radical (unpaired) electrons. The van der Waals surface area contributed by atoms with Crippen LogP contribution in [-0.2, 0) is 5.72 Å².